The summed E-state index contributed by atoms with van der Waals surface area (Å²) in [6, 6.07) is 8.36. The van der Waals surface area contributed by atoms with Gasteiger partial charge in [0.05, 0.1) is 17.3 Å². The maximum Gasteiger partial charge on any atom is 0.119 e. The van der Waals surface area contributed by atoms with Gasteiger partial charge in [-0.2, -0.15) is 12.6 Å². The molecule has 108 valence electrons. The molecule has 0 saturated carbocycles. The van der Waals surface area contributed by atoms with Gasteiger partial charge in [0.1, 0.15) is 5.75 Å². The fourth-order valence-corrected chi connectivity index (χ4v) is 2.91. The Morgan fingerprint density at radius 3 is 2.45 bits per heavy atom. The lowest BCUT2D eigenvalue weighted by Gasteiger charge is -2.19. The molecule has 0 aliphatic rings. The van der Waals surface area contributed by atoms with Crippen molar-refractivity contribution in [2.24, 2.45) is 0 Å². The lowest BCUT2D eigenvalue weighted by Crippen LogP contribution is -2.10. The monoisotopic (exact) mass is 307 g/mol. The van der Waals surface area contributed by atoms with Crippen molar-refractivity contribution in [1.29, 1.82) is 0 Å². The Balaban J connectivity index is 1.85. The van der Waals surface area contributed by atoms with Crippen LogP contribution in [-0.2, 0) is 17.6 Å². The summed E-state index contributed by atoms with van der Waals surface area (Å²) < 4.78 is 5.77. The van der Waals surface area contributed by atoms with Crippen molar-refractivity contribution < 1.29 is 4.74 Å². The lowest BCUT2D eigenvalue weighted by molar-refractivity contribution is 0.321. The maximum atomic E-state index is 5.77. The van der Waals surface area contributed by atoms with Gasteiger partial charge in [-0.05, 0) is 23.1 Å². The molecule has 0 N–H and O–H groups in total. The number of ether oxygens (including phenoxy) is 1. The van der Waals surface area contributed by atoms with Crippen molar-refractivity contribution in [1.82, 2.24) is 4.98 Å². The van der Waals surface area contributed by atoms with Gasteiger partial charge < -0.3 is 4.74 Å². The molecule has 20 heavy (non-hydrogen) atoms. The summed E-state index contributed by atoms with van der Waals surface area (Å²) in [6.45, 7) is 7.30. The average Bonchev–Trinajstić information content (AvgIpc) is 2.86. The van der Waals surface area contributed by atoms with E-state index in [1.165, 1.54) is 5.56 Å². The zero-order chi connectivity index (χ0) is 14.6. The molecule has 2 aromatic rings. The predicted molar refractivity (Wildman–Crippen MR) is 89.1 cm³/mol. The standard InChI is InChI=1S/C16H21NOS2/c1-16(2,3)12-4-6-14(7-5-12)18-9-8-15-17-13(10-19)11-20-15/h4-7,11,19H,8-10H2,1-3H3. The average molecular weight is 307 g/mol. The molecule has 1 heterocycles. The number of benzene rings is 1. The van der Waals surface area contributed by atoms with E-state index in [1.54, 1.807) is 11.3 Å². The van der Waals surface area contributed by atoms with Crippen LogP contribution >= 0.6 is 24.0 Å². The minimum atomic E-state index is 0.183. The molecule has 0 atom stereocenters. The largest absolute Gasteiger partial charge is 0.493 e. The third-order valence-corrected chi connectivity index (χ3v) is 4.35. The van der Waals surface area contributed by atoms with Crippen LogP contribution < -0.4 is 4.74 Å². The SMILES string of the molecule is CC(C)(C)c1ccc(OCCc2nc(CS)cs2)cc1. The highest BCUT2D eigenvalue weighted by Gasteiger charge is 2.12. The van der Waals surface area contributed by atoms with Crippen molar-refractivity contribution >= 4 is 24.0 Å². The van der Waals surface area contributed by atoms with Crippen molar-refractivity contribution in [2.45, 2.75) is 38.4 Å². The van der Waals surface area contributed by atoms with Crippen LogP contribution in [0.1, 0.15) is 37.0 Å². The smallest absolute Gasteiger partial charge is 0.119 e. The summed E-state index contributed by atoms with van der Waals surface area (Å²) in [5.41, 5.74) is 2.55. The topological polar surface area (TPSA) is 22.1 Å². The van der Waals surface area contributed by atoms with E-state index in [0.717, 1.165) is 22.9 Å². The van der Waals surface area contributed by atoms with Crippen molar-refractivity contribution in [2.75, 3.05) is 6.61 Å². The van der Waals surface area contributed by atoms with Crippen LogP contribution in [0.5, 0.6) is 5.75 Å². The van der Waals surface area contributed by atoms with Gasteiger partial charge in [0.15, 0.2) is 0 Å². The summed E-state index contributed by atoms with van der Waals surface area (Å²) >= 11 is 5.89. The van der Waals surface area contributed by atoms with Crippen LogP contribution in [0, 0.1) is 0 Å². The van der Waals surface area contributed by atoms with Gasteiger partial charge >= 0.3 is 0 Å². The van der Waals surface area contributed by atoms with E-state index in [1.807, 2.05) is 12.1 Å². The Kier molecular flexibility index (Phi) is 5.11. The summed E-state index contributed by atoms with van der Waals surface area (Å²) in [5, 5.41) is 3.17. The normalized spacial score (nSPS) is 11.6. The van der Waals surface area contributed by atoms with Gasteiger partial charge in [-0.25, -0.2) is 4.98 Å². The molecule has 1 aromatic heterocycles. The molecule has 0 spiro atoms. The summed E-state index contributed by atoms with van der Waals surface area (Å²) in [7, 11) is 0. The minimum Gasteiger partial charge on any atom is -0.493 e. The van der Waals surface area contributed by atoms with Crippen LogP contribution in [0.4, 0.5) is 0 Å². The third kappa shape index (κ3) is 4.25. The first-order chi connectivity index (χ1) is 9.49. The second-order valence-electron chi connectivity index (χ2n) is 5.76. The highest BCUT2D eigenvalue weighted by atomic mass is 32.1. The molecule has 1 aromatic carbocycles. The van der Waals surface area contributed by atoms with Crippen LogP contribution in [0.3, 0.4) is 0 Å². The van der Waals surface area contributed by atoms with Crippen LogP contribution in [-0.4, -0.2) is 11.6 Å². The van der Waals surface area contributed by atoms with Crippen molar-refractivity contribution in [3.8, 4) is 5.75 Å². The number of nitrogens with zero attached hydrogens (tertiary/aromatic N) is 1. The number of hydrogen-bond donors (Lipinski definition) is 1. The third-order valence-electron chi connectivity index (χ3n) is 3.07. The maximum absolute atomic E-state index is 5.77. The molecule has 4 heteroatoms. The molecule has 2 rings (SSSR count). The number of rotatable bonds is 5. The van der Waals surface area contributed by atoms with Crippen molar-refractivity contribution in [3.05, 3.63) is 45.9 Å². The zero-order valence-electron chi connectivity index (χ0n) is 12.2. The Morgan fingerprint density at radius 2 is 1.90 bits per heavy atom. The molecule has 0 unspecified atom stereocenters. The number of aromatic nitrogens is 1. The molecule has 0 fully saturated rings. The molecule has 0 aliphatic heterocycles. The quantitative estimate of drug-likeness (QED) is 0.822. The lowest BCUT2D eigenvalue weighted by atomic mass is 9.87. The van der Waals surface area contributed by atoms with Gasteiger partial charge in [-0.3, -0.25) is 0 Å². The second kappa shape index (κ2) is 6.64. The fourth-order valence-electron chi connectivity index (χ4n) is 1.84. The molecule has 0 aliphatic carbocycles. The van der Waals surface area contributed by atoms with Crippen LogP contribution in [0.2, 0.25) is 0 Å². The molecular weight excluding hydrogens is 286 g/mol. The summed E-state index contributed by atoms with van der Waals surface area (Å²) in [4.78, 5) is 4.47. The molecule has 2 nitrogen and oxygen atoms in total. The van der Waals surface area contributed by atoms with Gasteiger partial charge in [0.2, 0.25) is 0 Å². The molecule has 0 saturated heterocycles. The Labute approximate surface area is 130 Å². The van der Waals surface area contributed by atoms with Gasteiger partial charge in [-0.1, -0.05) is 32.9 Å². The zero-order valence-corrected chi connectivity index (χ0v) is 13.9. The second-order valence-corrected chi connectivity index (χ2v) is 7.02. The van der Waals surface area contributed by atoms with E-state index in [0.29, 0.717) is 12.4 Å². The molecular formula is C16H21NOS2. The number of hydrogen-bond acceptors (Lipinski definition) is 4. The summed E-state index contributed by atoms with van der Waals surface area (Å²) in [5.74, 6) is 1.62. The Morgan fingerprint density at radius 1 is 1.20 bits per heavy atom. The predicted octanol–water partition coefficient (Wildman–Crippen LogP) is 4.49. The van der Waals surface area contributed by atoms with E-state index < -0.39 is 0 Å². The van der Waals surface area contributed by atoms with Gasteiger partial charge in [-0.15, -0.1) is 11.3 Å². The van der Waals surface area contributed by atoms with Gasteiger partial charge in [0, 0.05) is 17.6 Å². The van der Waals surface area contributed by atoms with Crippen LogP contribution in [0.15, 0.2) is 29.6 Å². The highest BCUT2D eigenvalue weighted by molar-refractivity contribution is 7.79. The summed E-state index contributed by atoms with van der Waals surface area (Å²) in [6.07, 6.45) is 0.847. The van der Waals surface area contributed by atoms with E-state index >= 15 is 0 Å². The Hall–Kier alpha value is -1.00. The van der Waals surface area contributed by atoms with E-state index in [2.05, 4.69) is 55.9 Å². The molecule has 0 amide bonds. The van der Waals surface area contributed by atoms with E-state index in [9.17, 15) is 0 Å². The minimum absolute atomic E-state index is 0.183. The first-order valence-electron chi connectivity index (χ1n) is 6.76. The molecule has 0 radical (unpaired) electrons. The fraction of sp³-hybridized carbons (Fsp3) is 0.438. The van der Waals surface area contributed by atoms with E-state index in [4.69, 9.17) is 4.74 Å². The number of thiazole rings is 1. The van der Waals surface area contributed by atoms with Crippen molar-refractivity contribution in [3.63, 3.8) is 0 Å². The number of thiol groups is 1. The first kappa shape index (κ1) is 15.4. The highest BCUT2D eigenvalue weighted by Crippen LogP contribution is 2.24. The van der Waals surface area contributed by atoms with Crippen LogP contribution in [0.25, 0.3) is 0 Å². The van der Waals surface area contributed by atoms with Gasteiger partial charge in [0.25, 0.3) is 0 Å². The van der Waals surface area contributed by atoms with E-state index in [-0.39, 0.29) is 5.41 Å². The molecule has 0 bridgehead atoms. The Bertz CT molecular complexity index is 540. The first-order valence-corrected chi connectivity index (χ1v) is 8.28.